The van der Waals surface area contributed by atoms with Gasteiger partial charge in [0.25, 0.3) is 5.91 Å². The fraction of sp³-hybridized carbons (Fsp3) is 0.500. The number of nitrogens with zero attached hydrogens (tertiary/aromatic N) is 3. The quantitative estimate of drug-likeness (QED) is 0.812. The van der Waals surface area contributed by atoms with Gasteiger partial charge in [-0.15, -0.1) is 0 Å². The van der Waals surface area contributed by atoms with Crippen molar-refractivity contribution in [2.45, 2.75) is 44.6 Å². The number of carbonyl (C=O) groups is 1. The third kappa shape index (κ3) is 4.31. The van der Waals surface area contributed by atoms with Crippen LogP contribution in [0.25, 0.3) is 0 Å². The number of aromatic nitrogens is 2. The average Bonchev–Trinajstić information content (AvgIpc) is 3.24. The third-order valence-electron chi connectivity index (χ3n) is 6.15. The van der Waals surface area contributed by atoms with Gasteiger partial charge in [-0.1, -0.05) is 25.5 Å². The Labute approximate surface area is 170 Å². The van der Waals surface area contributed by atoms with Gasteiger partial charge in [0, 0.05) is 37.8 Å². The molecule has 2 aliphatic heterocycles. The van der Waals surface area contributed by atoms with Gasteiger partial charge >= 0.3 is 0 Å². The smallest absolute Gasteiger partial charge is 0.257 e. The summed E-state index contributed by atoms with van der Waals surface area (Å²) >= 11 is 0. The van der Waals surface area contributed by atoms with Crippen molar-refractivity contribution in [3.63, 3.8) is 0 Å². The van der Waals surface area contributed by atoms with Gasteiger partial charge < -0.3 is 4.90 Å². The summed E-state index contributed by atoms with van der Waals surface area (Å²) < 4.78 is 13.7. The van der Waals surface area contributed by atoms with Crippen molar-refractivity contribution >= 4 is 5.91 Å². The zero-order valence-electron chi connectivity index (χ0n) is 16.8. The Balaban J connectivity index is 1.41. The minimum absolute atomic E-state index is 0.0340. The van der Waals surface area contributed by atoms with Gasteiger partial charge in [0.15, 0.2) is 0 Å². The first-order valence-electron chi connectivity index (χ1n) is 10.5. The van der Waals surface area contributed by atoms with E-state index in [1.807, 2.05) is 11.0 Å². The van der Waals surface area contributed by atoms with Crippen molar-refractivity contribution in [3.05, 3.63) is 59.4 Å². The average molecular weight is 397 g/mol. The van der Waals surface area contributed by atoms with Gasteiger partial charge in [-0.05, 0) is 42.9 Å². The van der Waals surface area contributed by atoms with Crippen LogP contribution in [-0.4, -0.2) is 46.5 Å². The van der Waals surface area contributed by atoms with Crippen LogP contribution in [0.5, 0.6) is 0 Å². The summed E-state index contributed by atoms with van der Waals surface area (Å²) in [5.41, 5.74) is 9.14. The number of likely N-dealkylation sites (tertiary alicyclic amines) is 1. The van der Waals surface area contributed by atoms with Crippen LogP contribution in [0.2, 0.25) is 0 Å². The molecule has 2 N–H and O–H groups in total. The number of hydrazine groups is 1. The molecule has 2 aliphatic rings. The molecule has 0 radical (unpaired) electrons. The molecule has 0 aliphatic carbocycles. The van der Waals surface area contributed by atoms with E-state index >= 15 is 0 Å². The lowest BCUT2D eigenvalue weighted by Crippen LogP contribution is -2.46. The predicted octanol–water partition coefficient (Wildman–Crippen LogP) is 2.68. The van der Waals surface area contributed by atoms with Crippen LogP contribution in [-0.2, 0) is 6.42 Å². The molecule has 3 heterocycles. The van der Waals surface area contributed by atoms with Crippen molar-refractivity contribution in [3.8, 4) is 0 Å². The van der Waals surface area contributed by atoms with Crippen LogP contribution in [0.4, 0.5) is 4.39 Å². The minimum Gasteiger partial charge on any atom is -0.339 e. The number of hydrogen-bond acceptors (Lipinski definition) is 5. The number of nitrogens with one attached hydrogen (secondary N) is 2. The first-order chi connectivity index (χ1) is 14.2. The SMILES string of the molecule is CCCc1ncncc1C(=O)N1CCC(C2NNCC2c2cccc(F)c2)CC1. The molecule has 0 saturated carbocycles. The van der Waals surface area contributed by atoms with E-state index in [0.717, 1.165) is 56.6 Å². The van der Waals surface area contributed by atoms with Crippen LogP contribution in [0.3, 0.4) is 0 Å². The van der Waals surface area contributed by atoms with Gasteiger partial charge in [-0.2, -0.15) is 0 Å². The van der Waals surface area contributed by atoms with Crippen molar-refractivity contribution < 1.29 is 9.18 Å². The molecular formula is C22H28FN5O. The fourth-order valence-electron chi connectivity index (χ4n) is 4.62. The van der Waals surface area contributed by atoms with Gasteiger partial charge in [0.2, 0.25) is 0 Å². The number of benzene rings is 1. The minimum atomic E-state index is -0.193. The first-order valence-corrected chi connectivity index (χ1v) is 10.5. The Morgan fingerprint density at radius 1 is 1.31 bits per heavy atom. The molecule has 29 heavy (non-hydrogen) atoms. The second kappa shape index (κ2) is 8.97. The molecule has 2 atom stereocenters. The fourth-order valence-corrected chi connectivity index (χ4v) is 4.62. The predicted molar refractivity (Wildman–Crippen MR) is 109 cm³/mol. The van der Waals surface area contributed by atoms with Gasteiger partial charge in [0.05, 0.1) is 11.3 Å². The van der Waals surface area contributed by atoms with Gasteiger partial charge in [-0.3, -0.25) is 15.6 Å². The zero-order chi connectivity index (χ0) is 20.2. The number of hydrogen-bond donors (Lipinski definition) is 2. The molecule has 0 bridgehead atoms. The van der Waals surface area contributed by atoms with E-state index in [0.29, 0.717) is 11.5 Å². The molecule has 1 amide bonds. The Hall–Kier alpha value is -2.38. The van der Waals surface area contributed by atoms with Gasteiger partial charge in [0.1, 0.15) is 12.1 Å². The number of piperidine rings is 1. The van der Waals surface area contributed by atoms with E-state index < -0.39 is 0 Å². The lowest BCUT2D eigenvalue weighted by Gasteiger charge is -2.36. The van der Waals surface area contributed by atoms with Crippen molar-refractivity contribution in [2.24, 2.45) is 5.92 Å². The van der Waals surface area contributed by atoms with E-state index in [-0.39, 0.29) is 23.7 Å². The topological polar surface area (TPSA) is 70.2 Å². The molecule has 0 spiro atoms. The molecule has 2 aromatic rings. The Kier molecular flexibility index (Phi) is 6.16. The Morgan fingerprint density at radius 2 is 2.14 bits per heavy atom. The van der Waals surface area contributed by atoms with Crippen LogP contribution < -0.4 is 10.9 Å². The standard InChI is InChI=1S/C22H28FN5O/c1-2-4-20-19(12-24-14-25-20)22(29)28-9-7-15(8-10-28)21-18(13-26-27-21)16-5-3-6-17(23)11-16/h3,5-6,11-12,14-15,18,21,26-27H,2,4,7-10,13H2,1H3. The maximum atomic E-state index is 13.7. The van der Waals surface area contributed by atoms with Crippen LogP contribution in [0.1, 0.15) is 53.7 Å². The Morgan fingerprint density at radius 3 is 2.90 bits per heavy atom. The molecule has 4 rings (SSSR count). The molecular weight excluding hydrogens is 369 g/mol. The number of halogens is 1. The molecule has 154 valence electrons. The monoisotopic (exact) mass is 397 g/mol. The molecule has 7 heteroatoms. The summed E-state index contributed by atoms with van der Waals surface area (Å²) in [5.74, 6) is 0.509. The largest absolute Gasteiger partial charge is 0.339 e. The number of aryl methyl sites for hydroxylation is 1. The van der Waals surface area contributed by atoms with Crippen molar-refractivity contribution in [1.29, 1.82) is 0 Å². The zero-order valence-corrected chi connectivity index (χ0v) is 16.8. The van der Waals surface area contributed by atoms with E-state index in [4.69, 9.17) is 0 Å². The summed E-state index contributed by atoms with van der Waals surface area (Å²) in [6, 6.07) is 7.13. The highest BCUT2D eigenvalue weighted by Crippen LogP contribution is 2.33. The first kappa shape index (κ1) is 19.9. The summed E-state index contributed by atoms with van der Waals surface area (Å²) in [7, 11) is 0. The normalized spacial score (nSPS) is 22.8. The van der Waals surface area contributed by atoms with E-state index in [1.165, 1.54) is 12.4 Å². The summed E-state index contributed by atoms with van der Waals surface area (Å²) in [4.78, 5) is 23.3. The van der Waals surface area contributed by atoms with E-state index in [1.54, 1.807) is 18.3 Å². The van der Waals surface area contributed by atoms with Crippen molar-refractivity contribution in [1.82, 2.24) is 25.7 Å². The van der Waals surface area contributed by atoms with E-state index in [9.17, 15) is 9.18 Å². The van der Waals surface area contributed by atoms with Crippen LogP contribution >= 0.6 is 0 Å². The Bertz CT molecular complexity index is 853. The molecule has 1 aromatic carbocycles. The molecule has 6 nitrogen and oxygen atoms in total. The van der Waals surface area contributed by atoms with Gasteiger partial charge in [-0.25, -0.2) is 14.4 Å². The lowest BCUT2D eigenvalue weighted by atomic mass is 9.80. The molecule has 2 unspecified atom stereocenters. The second-order valence-electron chi connectivity index (χ2n) is 7.98. The molecule has 1 aromatic heterocycles. The van der Waals surface area contributed by atoms with Crippen LogP contribution in [0.15, 0.2) is 36.8 Å². The van der Waals surface area contributed by atoms with E-state index in [2.05, 4.69) is 27.7 Å². The summed E-state index contributed by atoms with van der Waals surface area (Å²) in [6.07, 6.45) is 6.74. The summed E-state index contributed by atoms with van der Waals surface area (Å²) in [5, 5.41) is 0. The van der Waals surface area contributed by atoms with Crippen molar-refractivity contribution in [2.75, 3.05) is 19.6 Å². The molecule has 2 saturated heterocycles. The van der Waals surface area contributed by atoms with Crippen LogP contribution in [0, 0.1) is 11.7 Å². The highest BCUT2D eigenvalue weighted by atomic mass is 19.1. The number of carbonyl (C=O) groups excluding carboxylic acids is 1. The lowest BCUT2D eigenvalue weighted by molar-refractivity contribution is 0.0668. The highest BCUT2D eigenvalue weighted by Gasteiger charge is 2.37. The maximum Gasteiger partial charge on any atom is 0.257 e. The molecule has 2 fully saturated rings. The summed E-state index contributed by atoms with van der Waals surface area (Å²) in [6.45, 7) is 4.31. The number of rotatable bonds is 5. The highest BCUT2D eigenvalue weighted by molar-refractivity contribution is 5.95. The number of amides is 1. The maximum absolute atomic E-state index is 13.7. The third-order valence-corrected chi connectivity index (χ3v) is 6.15. The second-order valence-corrected chi connectivity index (χ2v) is 7.98.